The topological polar surface area (TPSA) is 72.2 Å². The number of hydrogen-bond acceptors (Lipinski definition) is 3. The van der Waals surface area contributed by atoms with Crippen LogP contribution in [0.1, 0.15) is 0 Å². The molecule has 6 heteroatoms. The normalized spacial score (nSPS) is 9.75. The van der Waals surface area contributed by atoms with Crippen molar-refractivity contribution in [3.8, 4) is 0 Å². The van der Waals surface area contributed by atoms with Gasteiger partial charge in [-0.3, -0.25) is 9.59 Å². The first-order valence-electron chi connectivity index (χ1n) is 3.04. The molecule has 0 radical (unpaired) electrons. The van der Waals surface area contributed by atoms with E-state index in [2.05, 4.69) is 5.10 Å². The largest absolute Gasteiger partial charge is 0.480 e. The number of aromatic nitrogens is 2. The van der Waals surface area contributed by atoms with Crippen molar-refractivity contribution in [2.24, 2.45) is 0 Å². The van der Waals surface area contributed by atoms with Gasteiger partial charge >= 0.3 is 5.97 Å². The van der Waals surface area contributed by atoms with Crippen LogP contribution < -0.4 is 5.56 Å². The van der Waals surface area contributed by atoms with Crippen LogP contribution in [0.25, 0.3) is 0 Å². The van der Waals surface area contributed by atoms with Gasteiger partial charge in [-0.1, -0.05) is 11.6 Å². The third-order valence-corrected chi connectivity index (χ3v) is 1.33. The SMILES string of the molecule is O=C(O)Cn1ncc(Cl)cc1=O. The molecule has 0 aliphatic carbocycles. The van der Waals surface area contributed by atoms with E-state index in [-0.39, 0.29) is 5.02 Å². The summed E-state index contributed by atoms with van der Waals surface area (Å²) in [7, 11) is 0. The van der Waals surface area contributed by atoms with Crippen LogP contribution >= 0.6 is 11.6 Å². The van der Waals surface area contributed by atoms with Crippen LogP contribution in [0.2, 0.25) is 5.02 Å². The van der Waals surface area contributed by atoms with Crippen molar-refractivity contribution < 1.29 is 9.90 Å². The smallest absolute Gasteiger partial charge is 0.325 e. The molecule has 0 saturated carbocycles. The maximum Gasteiger partial charge on any atom is 0.325 e. The van der Waals surface area contributed by atoms with E-state index in [0.29, 0.717) is 0 Å². The fraction of sp³-hybridized carbons (Fsp3) is 0.167. The van der Waals surface area contributed by atoms with E-state index in [1.165, 1.54) is 6.20 Å². The Hall–Kier alpha value is -1.36. The third-order valence-electron chi connectivity index (χ3n) is 1.12. The first-order valence-corrected chi connectivity index (χ1v) is 3.42. The number of halogens is 1. The van der Waals surface area contributed by atoms with Crippen LogP contribution in [-0.2, 0) is 11.3 Å². The average molecular weight is 189 g/mol. The lowest BCUT2D eigenvalue weighted by Crippen LogP contribution is -2.25. The van der Waals surface area contributed by atoms with Crippen molar-refractivity contribution in [2.45, 2.75) is 6.54 Å². The van der Waals surface area contributed by atoms with E-state index in [9.17, 15) is 9.59 Å². The Kier molecular flexibility index (Phi) is 2.44. The van der Waals surface area contributed by atoms with Crippen molar-refractivity contribution >= 4 is 17.6 Å². The zero-order valence-corrected chi connectivity index (χ0v) is 6.65. The molecular formula is C6H5ClN2O3. The molecule has 1 aromatic heterocycles. The fourth-order valence-electron chi connectivity index (χ4n) is 0.658. The maximum absolute atomic E-state index is 10.9. The Morgan fingerprint density at radius 3 is 2.92 bits per heavy atom. The summed E-state index contributed by atoms with van der Waals surface area (Å²) in [6, 6.07) is 1.11. The number of hydrogen-bond donors (Lipinski definition) is 1. The number of aliphatic carboxylic acids is 1. The third kappa shape index (κ3) is 2.06. The molecule has 1 heterocycles. The minimum Gasteiger partial charge on any atom is -0.480 e. The molecule has 0 aliphatic rings. The summed E-state index contributed by atoms with van der Waals surface area (Å²) in [5.74, 6) is -1.12. The summed E-state index contributed by atoms with van der Waals surface area (Å²) in [6.45, 7) is -0.448. The predicted octanol–water partition coefficient (Wildman–Crippen LogP) is -0.0187. The molecule has 0 aliphatic heterocycles. The molecule has 12 heavy (non-hydrogen) atoms. The second-order valence-electron chi connectivity index (χ2n) is 2.06. The summed E-state index contributed by atoms with van der Waals surface area (Å²) >= 11 is 5.43. The molecule has 5 nitrogen and oxygen atoms in total. The molecule has 0 unspecified atom stereocenters. The van der Waals surface area contributed by atoms with Gasteiger partial charge < -0.3 is 5.11 Å². The van der Waals surface area contributed by atoms with Crippen LogP contribution in [-0.4, -0.2) is 20.9 Å². The Morgan fingerprint density at radius 1 is 1.75 bits per heavy atom. The van der Waals surface area contributed by atoms with Crippen LogP contribution in [0.15, 0.2) is 17.1 Å². The highest BCUT2D eigenvalue weighted by molar-refractivity contribution is 6.30. The molecule has 0 atom stereocenters. The van der Waals surface area contributed by atoms with Gasteiger partial charge in [0.2, 0.25) is 0 Å². The highest BCUT2D eigenvalue weighted by Crippen LogP contribution is 1.98. The summed E-state index contributed by atoms with van der Waals surface area (Å²) in [4.78, 5) is 21.1. The molecule has 1 N–H and O–H groups in total. The average Bonchev–Trinajstić information content (AvgIpc) is 1.94. The lowest BCUT2D eigenvalue weighted by atomic mass is 10.5. The van der Waals surface area contributed by atoms with Gasteiger partial charge in [-0.2, -0.15) is 5.10 Å². The van der Waals surface area contributed by atoms with E-state index >= 15 is 0 Å². The molecule has 0 amide bonds. The number of carboxylic acid groups (broad SMARTS) is 1. The zero-order chi connectivity index (χ0) is 9.14. The second-order valence-corrected chi connectivity index (χ2v) is 2.50. The van der Waals surface area contributed by atoms with E-state index in [1.54, 1.807) is 0 Å². The van der Waals surface area contributed by atoms with Gasteiger partial charge in [0.15, 0.2) is 0 Å². The number of carboxylic acids is 1. The summed E-state index contributed by atoms with van der Waals surface area (Å²) in [6.07, 6.45) is 1.21. The van der Waals surface area contributed by atoms with Crippen LogP contribution in [0.3, 0.4) is 0 Å². The van der Waals surface area contributed by atoms with Gasteiger partial charge in [-0.25, -0.2) is 4.68 Å². The number of rotatable bonds is 2. The Balaban J connectivity index is 3.02. The summed E-state index contributed by atoms with van der Waals surface area (Å²) in [5, 5.41) is 12.0. The van der Waals surface area contributed by atoms with Gasteiger partial charge in [0.05, 0.1) is 11.2 Å². The lowest BCUT2D eigenvalue weighted by molar-refractivity contribution is -0.138. The van der Waals surface area contributed by atoms with Crippen molar-refractivity contribution in [3.05, 3.63) is 27.6 Å². The van der Waals surface area contributed by atoms with Gasteiger partial charge in [0.1, 0.15) is 6.54 Å². The van der Waals surface area contributed by atoms with Crippen molar-refractivity contribution in [2.75, 3.05) is 0 Å². The minimum absolute atomic E-state index is 0.196. The molecule has 1 aromatic rings. The predicted molar refractivity (Wildman–Crippen MR) is 41.1 cm³/mol. The molecular weight excluding hydrogens is 184 g/mol. The van der Waals surface area contributed by atoms with E-state index in [0.717, 1.165) is 10.7 Å². The molecule has 0 fully saturated rings. The molecule has 1 rings (SSSR count). The lowest BCUT2D eigenvalue weighted by Gasteiger charge is -1.98. The fourth-order valence-corrected chi connectivity index (χ4v) is 0.795. The first-order chi connectivity index (χ1) is 5.59. The Morgan fingerprint density at radius 2 is 2.42 bits per heavy atom. The van der Waals surface area contributed by atoms with Crippen molar-refractivity contribution in [1.29, 1.82) is 0 Å². The van der Waals surface area contributed by atoms with Crippen LogP contribution in [0.5, 0.6) is 0 Å². The highest BCUT2D eigenvalue weighted by Gasteiger charge is 2.02. The van der Waals surface area contributed by atoms with Crippen LogP contribution in [0, 0.1) is 0 Å². The number of carbonyl (C=O) groups is 1. The zero-order valence-electron chi connectivity index (χ0n) is 5.90. The molecule has 0 saturated heterocycles. The van der Waals surface area contributed by atoms with Crippen molar-refractivity contribution in [3.63, 3.8) is 0 Å². The molecule has 0 spiro atoms. The Bertz CT molecular complexity index is 360. The first kappa shape index (κ1) is 8.73. The maximum atomic E-state index is 10.9. The Labute approximate surface area is 72.2 Å². The quantitative estimate of drug-likeness (QED) is 0.708. The molecule has 0 bridgehead atoms. The summed E-state index contributed by atoms with van der Waals surface area (Å²) < 4.78 is 0.814. The highest BCUT2D eigenvalue weighted by atomic mass is 35.5. The van der Waals surface area contributed by atoms with E-state index in [4.69, 9.17) is 16.7 Å². The van der Waals surface area contributed by atoms with Crippen molar-refractivity contribution in [1.82, 2.24) is 9.78 Å². The van der Waals surface area contributed by atoms with Gasteiger partial charge in [-0.05, 0) is 0 Å². The minimum atomic E-state index is -1.12. The molecule has 64 valence electrons. The van der Waals surface area contributed by atoms with Crippen LogP contribution in [0.4, 0.5) is 0 Å². The summed E-state index contributed by atoms with van der Waals surface area (Å²) in [5.41, 5.74) is -0.523. The van der Waals surface area contributed by atoms with Gasteiger partial charge in [0.25, 0.3) is 5.56 Å². The molecule has 0 aromatic carbocycles. The monoisotopic (exact) mass is 188 g/mol. The van der Waals surface area contributed by atoms with Gasteiger partial charge in [-0.15, -0.1) is 0 Å². The van der Waals surface area contributed by atoms with Gasteiger partial charge in [0, 0.05) is 6.07 Å². The van der Waals surface area contributed by atoms with E-state index in [1.807, 2.05) is 0 Å². The second kappa shape index (κ2) is 3.36. The standard InChI is InChI=1S/C6H5ClN2O3/c7-4-1-5(10)9(8-2-4)3-6(11)12/h1-2H,3H2,(H,11,12). The van der Waals surface area contributed by atoms with E-state index < -0.39 is 18.1 Å². The number of nitrogens with zero attached hydrogens (tertiary/aromatic N) is 2.